The van der Waals surface area contributed by atoms with Crippen LogP contribution in [0.25, 0.3) is 0 Å². The molecule has 0 amide bonds. The molecule has 3 atom stereocenters. The molecule has 1 heterocycles. The van der Waals surface area contributed by atoms with E-state index in [1.165, 1.54) is 0 Å². The van der Waals surface area contributed by atoms with Crippen molar-refractivity contribution in [2.45, 2.75) is 18.3 Å². The molecule has 1 fully saturated rings. The zero-order valence-corrected chi connectivity index (χ0v) is 10.3. The fourth-order valence-corrected chi connectivity index (χ4v) is 2.62. The van der Waals surface area contributed by atoms with Crippen molar-refractivity contribution in [3.8, 4) is 5.75 Å². The number of hydrogen-bond donors (Lipinski definition) is 1. The predicted octanol–water partition coefficient (Wildman–Crippen LogP) is 1.27. The fourth-order valence-electron chi connectivity index (χ4n) is 2.00. The molecule has 0 saturated carbocycles. The second kappa shape index (κ2) is 6.14. The summed E-state index contributed by atoms with van der Waals surface area (Å²) in [5, 5.41) is 3.22. The van der Waals surface area contributed by atoms with Crippen molar-refractivity contribution >= 4 is 11.1 Å². The van der Waals surface area contributed by atoms with Crippen LogP contribution in [0.2, 0.25) is 0 Å². The van der Waals surface area contributed by atoms with Crippen molar-refractivity contribution in [2.24, 2.45) is 5.92 Å². The molecule has 2 rings (SSSR count). The summed E-state index contributed by atoms with van der Waals surface area (Å²) >= 11 is -2.20. The van der Waals surface area contributed by atoms with Crippen LogP contribution in [-0.4, -0.2) is 27.3 Å². The van der Waals surface area contributed by atoms with Crippen LogP contribution >= 0.6 is 0 Å². The maximum atomic E-state index is 11.1. The third kappa shape index (κ3) is 3.80. The highest BCUT2D eigenvalue weighted by Gasteiger charge is 2.21. The van der Waals surface area contributed by atoms with Crippen LogP contribution in [0, 0.1) is 5.92 Å². The molecule has 0 aromatic heterocycles. The molecule has 1 aliphatic heterocycles. The molecule has 1 aliphatic rings. The van der Waals surface area contributed by atoms with Crippen LogP contribution in [0.5, 0.6) is 5.75 Å². The summed E-state index contributed by atoms with van der Waals surface area (Å²) in [7, 11) is 0. The lowest BCUT2D eigenvalue weighted by Gasteiger charge is -2.23. The minimum absolute atomic E-state index is 0.390. The number of benzene rings is 1. The molecule has 1 saturated heterocycles. The van der Waals surface area contributed by atoms with Crippen molar-refractivity contribution in [1.29, 1.82) is 0 Å². The molecular weight excluding hydrogens is 238 g/mol. The second-order valence-corrected chi connectivity index (χ2v) is 5.26. The van der Waals surface area contributed by atoms with Crippen molar-refractivity contribution in [3.05, 3.63) is 30.3 Å². The first-order valence-electron chi connectivity index (χ1n) is 5.76. The fraction of sp³-hybridized carbons (Fsp3) is 0.500. The van der Waals surface area contributed by atoms with E-state index in [0.29, 0.717) is 18.1 Å². The van der Waals surface area contributed by atoms with E-state index in [2.05, 4.69) is 5.32 Å². The molecule has 0 aliphatic carbocycles. The number of para-hydroxylation sites is 1. The molecule has 1 N–H and O–H groups in total. The summed E-state index contributed by atoms with van der Waals surface area (Å²) < 4.78 is 27.8. The highest BCUT2D eigenvalue weighted by molar-refractivity contribution is 7.79. The van der Waals surface area contributed by atoms with Gasteiger partial charge in [-0.15, -0.1) is 0 Å². The molecule has 4 nitrogen and oxygen atoms in total. The van der Waals surface area contributed by atoms with Gasteiger partial charge >= 0.3 is 0 Å². The topological polar surface area (TPSA) is 61.4 Å². The van der Waals surface area contributed by atoms with Gasteiger partial charge < -0.3 is 14.6 Å². The number of ether oxygens (including phenoxy) is 1. The summed E-state index contributed by atoms with van der Waals surface area (Å²) in [6.45, 7) is 1.85. The third-order valence-electron chi connectivity index (χ3n) is 2.91. The van der Waals surface area contributed by atoms with Gasteiger partial charge in [0.2, 0.25) is 0 Å². The van der Waals surface area contributed by atoms with Crippen LogP contribution in [-0.2, 0) is 11.1 Å². The van der Waals surface area contributed by atoms with Gasteiger partial charge in [0, 0.05) is 0 Å². The molecule has 0 spiro atoms. The van der Waals surface area contributed by atoms with Gasteiger partial charge in [0.05, 0.1) is 0 Å². The number of hydrogen-bond acceptors (Lipinski definition) is 4. The van der Waals surface area contributed by atoms with Crippen LogP contribution in [0.4, 0.5) is 0 Å². The first kappa shape index (κ1) is 12.5. The van der Waals surface area contributed by atoms with E-state index in [4.69, 9.17) is 4.74 Å². The maximum Gasteiger partial charge on any atom is 0.160 e. The van der Waals surface area contributed by atoms with Crippen LogP contribution < -0.4 is 10.1 Å². The largest absolute Gasteiger partial charge is 0.770 e. The highest BCUT2D eigenvalue weighted by atomic mass is 32.2. The Labute approximate surface area is 104 Å². The van der Waals surface area contributed by atoms with Gasteiger partial charge in [-0.3, -0.25) is 4.21 Å². The second-order valence-electron chi connectivity index (χ2n) is 4.22. The van der Waals surface area contributed by atoms with Crippen LogP contribution in [0.3, 0.4) is 0 Å². The minimum Gasteiger partial charge on any atom is -0.770 e. The van der Waals surface area contributed by atoms with Gasteiger partial charge in [-0.2, -0.15) is 0 Å². The van der Waals surface area contributed by atoms with Crippen molar-refractivity contribution in [2.75, 3.05) is 13.1 Å². The Morgan fingerprint density at radius 1 is 1.47 bits per heavy atom. The van der Waals surface area contributed by atoms with E-state index in [1.807, 2.05) is 18.2 Å². The Morgan fingerprint density at radius 2 is 2.24 bits per heavy atom. The molecular formula is C12H16NO3S-. The smallest absolute Gasteiger partial charge is 0.160 e. The van der Waals surface area contributed by atoms with Crippen molar-refractivity contribution in [1.82, 2.24) is 5.32 Å². The molecule has 5 heteroatoms. The third-order valence-corrected chi connectivity index (χ3v) is 3.63. The average Bonchev–Trinajstić information content (AvgIpc) is 2.82. The number of rotatable bonds is 5. The molecule has 0 bridgehead atoms. The van der Waals surface area contributed by atoms with E-state index in [9.17, 15) is 8.76 Å². The average molecular weight is 254 g/mol. The Hall–Kier alpha value is -0.910. The van der Waals surface area contributed by atoms with Gasteiger partial charge in [0.1, 0.15) is 5.75 Å². The summed E-state index contributed by atoms with van der Waals surface area (Å²) in [6.07, 6.45) is 1.57. The highest BCUT2D eigenvalue weighted by Crippen LogP contribution is 2.20. The van der Waals surface area contributed by atoms with E-state index in [-0.39, 0.29) is 0 Å². The van der Waals surface area contributed by atoms with Gasteiger partial charge in [-0.05, 0) is 55.1 Å². The van der Waals surface area contributed by atoms with E-state index in [1.54, 1.807) is 12.1 Å². The summed E-state index contributed by atoms with van der Waals surface area (Å²) in [5.74, 6) is 0.995. The minimum atomic E-state index is -2.20. The Kier molecular flexibility index (Phi) is 4.53. The maximum absolute atomic E-state index is 11.1. The van der Waals surface area contributed by atoms with Crippen molar-refractivity contribution in [3.63, 3.8) is 0 Å². The van der Waals surface area contributed by atoms with Gasteiger partial charge in [0.15, 0.2) is 5.44 Å². The first-order valence-corrected chi connectivity index (χ1v) is 6.90. The normalized spacial score (nSPS) is 23.2. The van der Waals surface area contributed by atoms with E-state index >= 15 is 0 Å². The molecule has 1 aromatic carbocycles. The summed E-state index contributed by atoms with van der Waals surface area (Å²) in [4.78, 5) is 0. The van der Waals surface area contributed by atoms with Gasteiger partial charge in [-0.1, -0.05) is 18.2 Å². The van der Waals surface area contributed by atoms with Crippen LogP contribution in [0.15, 0.2) is 30.3 Å². The van der Waals surface area contributed by atoms with Gasteiger partial charge in [-0.25, -0.2) is 0 Å². The standard InChI is InChI=1S/C12H17NO3S/c14-17(15)12(8-10-6-7-13-9-10)16-11-4-2-1-3-5-11/h1-5,10,12-13H,6-9H2,(H,14,15)/p-1. The first-order chi connectivity index (χ1) is 8.25. The van der Waals surface area contributed by atoms with Gasteiger partial charge in [0.25, 0.3) is 0 Å². The van der Waals surface area contributed by atoms with Crippen LogP contribution in [0.1, 0.15) is 12.8 Å². The van der Waals surface area contributed by atoms with E-state index in [0.717, 1.165) is 19.5 Å². The van der Waals surface area contributed by atoms with Crippen molar-refractivity contribution < 1.29 is 13.5 Å². The SMILES string of the molecule is O=S([O-])C(CC1CCNC1)Oc1ccccc1. The molecule has 94 valence electrons. The Bertz CT molecular complexity index is 365. The summed E-state index contributed by atoms with van der Waals surface area (Å²) in [5.41, 5.74) is -0.748. The number of nitrogens with one attached hydrogen (secondary N) is 1. The quantitative estimate of drug-likeness (QED) is 0.804. The molecule has 0 radical (unpaired) electrons. The Morgan fingerprint density at radius 3 is 2.82 bits per heavy atom. The monoisotopic (exact) mass is 254 g/mol. The lowest BCUT2D eigenvalue weighted by molar-refractivity contribution is 0.234. The lowest BCUT2D eigenvalue weighted by Crippen LogP contribution is -2.26. The molecule has 1 aromatic rings. The lowest BCUT2D eigenvalue weighted by atomic mass is 10.1. The Balaban J connectivity index is 1.95. The zero-order chi connectivity index (χ0) is 12.1. The van der Waals surface area contributed by atoms with E-state index < -0.39 is 16.5 Å². The zero-order valence-electron chi connectivity index (χ0n) is 9.50. The summed E-state index contributed by atoms with van der Waals surface area (Å²) in [6, 6.07) is 9.07. The molecule has 3 unspecified atom stereocenters. The molecule has 17 heavy (non-hydrogen) atoms. The predicted molar refractivity (Wildman–Crippen MR) is 65.4 cm³/mol.